The summed E-state index contributed by atoms with van der Waals surface area (Å²) in [6.45, 7) is 1.10. The average Bonchev–Trinajstić information content (AvgIpc) is 2.75. The van der Waals surface area contributed by atoms with Gasteiger partial charge in [-0.2, -0.15) is 5.10 Å². The van der Waals surface area contributed by atoms with Crippen molar-refractivity contribution in [2.45, 2.75) is 12.8 Å². The molecule has 1 aliphatic heterocycles. The van der Waals surface area contributed by atoms with Crippen LogP contribution in [0.1, 0.15) is 12.0 Å². The summed E-state index contributed by atoms with van der Waals surface area (Å²) in [6, 6.07) is 6.41. The van der Waals surface area contributed by atoms with Crippen LogP contribution >= 0.6 is 0 Å². The second-order valence-corrected chi connectivity index (χ2v) is 4.54. The molecule has 1 aromatic heterocycles. The number of anilines is 2. The summed E-state index contributed by atoms with van der Waals surface area (Å²) in [5, 5.41) is 6.80. The van der Waals surface area contributed by atoms with Crippen LogP contribution in [0.15, 0.2) is 24.4 Å². The highest BCUT2D eigenvalue weighted by Crippen LogP contribution is 2.38. The number of hydrogen-bond donors (Lipinski definition) is 2. The molecule has 0 spiro atoms. The number of aryl methyl sites for hydroxylation is 1. The first-order chi connectivity index (χ1) is 8.27. The number of benzene rings is 1. The van der Waals surface area contributed by atoms with Gasteiger partial charge in [-0.05, 0) is 18.4 Å². The molecule has 1 aromatic carbocycles. The molecule has 88 valence electrons. The molecule has 0 saturated heterocycles. The first-order valence-electron chi connectivity index (χ1n) is 5.89. The Hall–Kier alpha value is -1.97. The summed E-state index contributed by atoms with van der Waals surface area (Å²) < 4.78 is 0. The Balaban J connectivity index is 2.21. The van der Waals surface area contributed by atoms with E-state index in [-0.39, 0.29) is 0 Å². The highest BCUT2D eigenvalue weighted by Gasteiger charge is 2.19. The van der Waals surface area contributed by atoms with Gasteiger partial charge in [-0.15, -0.1) is 0 Å². The van der Waals surface area contributed by atoms with Crippen LogP contribution in [0.25, 0.3) is 11.1 Å². The molecule has 0 unspecified atom stereocenters. The number of nitrogens with zero attached hydrogens (tertiary/aromatic N) is 2. The molecule has 1 aliphatic rings. The van der Waals surface area contributed by atoms with Gasteiger partial charge in [0, 0.05) is 30.4 Å². The zero-order valence-electron chi connectivity index (χ0n) is 9.90. The van der Waals surface area contributed by atoms with Gasteiger partial charge in [0.1, 0.15) is 5.82 Å². The normalized spacial score (nSPS) is 14.8. The summed E-state index contributed by atoms with van der Waals surface area (Å²) in [4.78, 5) is 2.31. The number of nitrogens with one attached hydrogen (secondary N) is 1. The van der Waals surface area contributed by atoms with Gasteiger partial charge in [0.2, 0.25) is 0 Å². The van der Waals surface area contributed by atoms with Crippen molar-refractivity contribution in [1.29, 1.82) is 0 Å². The first-order valence-corrected chi connectivity index (χ1v) is 5.89. The van der Waals surface area contributed by atoms with Crippen molar-refractivity contribution in [2.24, 2.45) is 0 Å². The van der Waals surface area contributed by atoms with Gasteiger partial charge in [0.25, 0.3) is 0 Å². The number of fused-ring (bicyclic) bond motifs is 1. The Bertz CT molecular complexity index is 544. The summed E-state index contributed by atoms with van der Waals surface area (Å²) in [5.74, 6) is 0.636. The van der Waals surface area contributed by atoms with E-state index in [4.69, 9.17) is 5.73 Å². The Morgan fingerprint density at radius 1 is 1.35 bits per heavy atom. The molecule has 2 aromatic rings. The molecule has 0 amide bonds. The van der Waals surface area contributed by atoms with Gasteiger partial charge < -0.3 is 10.6 Å². The van der Waals surface area contributed by atoms with Crippen molar-refractivity contribution in [3.63, 3.8) is 0 Å². The Kier molecular flexibility index (Phi) is 2.28. The number of H-pyrrole nitrogens is 1. The molecular formula is C13H16N4. The third-order valence-electron chi connectivity index (χ3n) is 3.40. The van der Waals surface area contributed by atoms with Crippen LogP contribution < -0.4 is 10.6 Å². The number of aromatic amines is 1. The quantitative estimate of drug-likeness (QED) is 0.785. The van der Waals surface area contributed by atoms with Gasteiger partial charge in [0.15, 0.2) is 0 Å². The summed E-state index contributed by atoms with van der Waals surface area (Å²) in [5.41, 5.74) is 10.8. The van der Waals surface area contributed by atoms with Gasteiger partial charge >= 0.3 is 0 Å². The average molecular weight is 228 g/mol. The van der Waals surface area contributed by atoms with Crippen LogP contribution in [-0.2, 0) is 6.42 Å². The summed E-state index contributed by atoms with van der Waals surface area (Å²) in [6.07, 6.45) is 4.16. The van der Waals surface area contributed by atoms with Gasteiger partial charge in [-0.1, -0.05) is 18.2 Å². The number of hydrogen-bond acceptors (Lipinski definition) is 3. The van der Waals surface area contributed by atoms with Crippen LogP contribution in [0.3, 0.4) is 0 Å². The smallest absolute Gasteiger partial charge is 0.126 e. The monoisotopic (exact) mass is 228 g/mol. The lowest BCUT2D eigenvalue weighted by Crippen LogP contribution is -2.25. The Morgan fingerprint density at radius 2 is 2.24 bits per heavy atom. The molecule has 0 bridgehead atoms. The predicted octanol–water partition coefficient (Wildman–Crippen LogP) is 2.04. The van der Waals surface area contributed by atoms with Crippen molar-refractivity contribution in [3.05, 3.63) is 30.0 Å². The Labute approximate surface area is 100 Å². The molecule has 0 fully saturated rings. The Morgan fingerprint density at radius 3 is 3.00 bits per heavy atom. The van der Waals surface area contributed by atoms with E-state index in [9.17, 15) is 0 Å². The van der Waals surface area contributed by atoms with E-state index in [1.54, 1.807) is 6.20 Å². The minimum Gasteiger partial charge on any atom is -0.384 e. The second kappa shape index (κ2) is 3.80. The third kappa shape index (κ3) is 1.56. The van der Waals surface area contributed by atoms with E-state index in [1.807, 2.05) is 0 Å². The fourth-order valence-electron chi connectivity index (χ4n) is 2.59. The largest absolute Gasteiger partial charge is 0.384 e. The molecule has 0 saturated carbocycles. The maximum Gasteiger partial charge on any atom is 0.126 e. The van der Waals surface area contributed by atoms with E-state index in [0.717, 1.165) is 18.5 Å². The molecular weight excluding hydrogens is 212 g/mol. The lowest BCUT2D eigenvalue weighted by atomic mass is 9.95. The van der Waals surface area contributed by atoms with Crippen molar-refractivity contribution in [3.8, 4) is 11.1 Å². The van der Waals surface area contributed by atoms with Crippen LogP contribution in [0.2, 0.25) is 0 Å². The summed E-state index contributed by atoms with van der Waals surface area (Å²) >= 11 is 0. The number of para-hydroxylation sites is 1. The van der Waals surface area contributed by atoms with E-state index < -0.39 is 0 Å². The minimum atomic E-state index is 0.636. The highest BCUT2D eigenvalue weighted by molar-refractivity contribution is 5.85. The molecule has 0 radical (unpaired) electrons. The van der Waals surface area contributed by atoms with Crippen LogP contribution in [-0.4, -0.2) is 23.8 Å². The van der Waals surface area contributed by atoms with Crippen molar-refractivity contribution in [2.75, 3.05) is 24.2 Å². The first kappa shape index (κ1) is 10.2. The molecule has 3 rings (SSSR count). The van der Waals surface area contributed by atoms with E-state index in [1.165, 1.54) is 23.2 Å². The molecule has 2 heterocycles. The SMILES string of the molecule is CN1CCCc2cccc(-c3cn[nH]c3N)c21. The van der Waals surface area contributed by atoms with Gasteiger partial charge in [-0.25, -0.2) is 0 Å². The lowest BCUT2D eigenvalue weighted by Gasteiger charge is -2.29. The maximum atomic E-state index is 5.91. The molecule has 3 N–H and O–H groups in total. The standard InChI is InChI=1S/C13H16N4/c1-17-7-3-5-9-4-2-6-10(12(9)17)11-8-15-16-13(11)14/h2,4,6,8H,3,5,7H2,1H3,(H3,14,15,16). The second-order valence-electron chi connectivity index (χ2n) is 4.54. The van der Waals surface area contributed by atoms with Crippen molar-refractivity contribution >= 4 is 11.5 Å². The minimum absolute atomic E-state index is 0.636. The van der Waals surface area contributed by atoms with Gasteiger partial charge in [0.05, 0.1) is 6.20 Å². The summed E-state index contributed by atoms with van der Waals surface area (Å²) in [7, 11) is 2.14. The van der Waals surface area contributed by atoms with Crippen LogP contribution in [0, 0.1) is 0 Å². The van der Waals surface area contributed by atoms with E-state index >= 15 is 0 Å². The predicted molar refractivity (Wildman–Crippen MR) is 70.0 cm³/mol. The molecule has 17 heavy (non-hydrogen) atoms. The fraction of sp³-hybridized carbons (Fsp3) is 0.308. The van der Waals surface area contributed by atoms with Crippen LogP contribution in [0.4, 0.5) is 11.5 Å². The fourth-order valence-corrected chi connectivity index (χ4v) is 2.59. The van der Waals surface area contributed by atoms with Crippen molar-refractivity contribution in [1.82, 2.24) is 10.2 Å². The molecule has 4 heteroatoms. The zero-order valence-corrected chi connectivity index (χ0v) is 9.90. The highest BCUT2D eigenvalue weighted by atomic mass is 15.1. The molecule has 0 atom stereocenters. The maximum absolute atomic E-state index is 5.91. The van der Waals surface area contributed by atoms with Crippen molar-refractivity contribution < 1.29 is 0 Å². The number of nitrogens with two attached hydrogens (primary N) is 1. The zero-order chi connectivity index (χ0) is 11.8. The lowest BCUT2D eigenvalue weighted by molar-refractivity contribution is 0.745. The third-order valence-corrected chi connectivity index (χ3v) is 3.40. The van der Waals surface area contributed by atoms with E-state index in [2.05, 4.69) is 40.3 Å². The van der Waals surface area contributed by atoms with Gasteiger partial charge in [-0.3, -0.25) is 5.10 Å². The molecule has 0 aliphatic carbocycles. The van der Waals surface area contributed by atoms with E-state index in [0.29, 0.717) is 5.82 Å². The number of aromatic nitrogens is 2. The number of rotatable bonds is 1. The number of nitrogen functional groups attached to an aromatic ring is 1. The van der Waals surface area contributed by atoms with Crippen LogP contribution in [0.5, 0.6) is 0 Å². The topological polar surface area (TPSA) is 57.9 Å². The molecule has 4 nitrogen and oxygen atoms in total.